The first-order valence-electron chi connectivity index (χ1n) is 7.95. The van der Waals surface area contributed by atoms with Crippen molar-refractivity contribution in [2.75, 3.05) is 25.3 Å². The van der Waals surface area contributed by atoms with Crippen LogP contribution in [0.1, 0.15) is 26.6 Å². The Morgan fingerprint density at radius 1 is 1.27 bits per heavy atom. The minimum atomic E-state index is -0.213. The Bertz CT molecular complexity index is 984. The predicted octanol–water partition coefficient (Wildman–Crippen LogP) is 3.30. The molecule has 2 aromatic heterocycles. The van der Waals surface area contributed by atoms with Gasteiger partial charge in [-0.25, -0.2) is 4.98 Å². The van der Waals surface area contributed by atoms with Crippen molar-refractivity contribution in [1.29, 1.82) is 0 Å². The summed E-state index contributed by atoms with van der Waals surface area (Å²) >= 11 is 1.30. The largest absolute Gasteiger partial charge is 0.480 e. The Balaban J connectivity index is 2.03. The van der Waals surface area contributed by atoms with E-state index in [1.54, 1.807) is 26.4 Å². The van der Waals surface area contributed by atoms with Gasteiger partial charge in [0.25, 0.3) is 5.91 Å². The van der Waals surface area contributed by atoms with Gasteiger partial charge in [0.05, 0.1) is 17.4 Å². The number of carbonyl (C=O) groups is 1. The number of aryl methyl sites for hydroxylation is 2. The number of hydrogen-bond donors (Lipinski definition) is 2. The van der Waals surface area contributed by atoms with Crippen molar-refractivity contribution >= 4 is 38.8 Å². The van der Waals surface area contributed by atoms with Gasteiger partial charge in [-0.3, -0.25) is 4.79 Å². The maximum absolute atomic E-state index is 12.8. The lowest BCUT2D eigenvalue weighted by molar-refractivity contribution is 0.103. The average Bonchev–Trinajstić information content (AvgIpc) is 2.94. The van der Waals surface area contributed by atoms with Gasteiger partial charge in [0, 0.05) is 18.5 Å². The number of fused-ring (bicyclic) bond motifs is 1. The van der Waals surface area contributed by atoms with Crippen LogP contribution in [-0.2, 0) is 11.3 Å². The number of nitrogen functional groups attached to an aromatic ring is 1. The number of aromatic nitrogens is 2. The molecular weight excluding hydrogens is 352 g/mol. The van der Waals surface area contributed by atoms with Crippen LogP contribution in [0.25, 0.3) is 10.2 Å². The summed E-state index contributed by atoms with van der Waals surface area (Å²) in [5.74, 6) is 0.737. The second-order valence-electron chi connectivity index (χ2n) is 5.85. The highest BCUT2D eigenvalue weighted by molar-refractivity contribution is 7.20. The molecule has 1 aromatic carbocycles. The van der Waals surface area contributed by atoms with Crippen LogP contribution < -0.4 is 15.8 Å². The zero-order chi connectivity index (χ0) is 18.8. The molecule has 0 saturated carbocycles. The molecule has 0 bridgehead atoms. The predicted molar refractivity (Wildman–Crippen MR) is 103 cm³/mol. The summed E-state index contributed by atoms with van der Waals surface area (Å²) in [6.45, 7) is 4.05. The number of nitrogens with zero attached hydrogens (tertiary/aromatic N) is 2. The maximum atomic E-state index is 12.8. The Hall–Kier alpha value is -2.71. The molecule has 0 aliphatic rings. The number of hydrogen-bond acceptors (Lipinski definition) is 7. The van der Waals surface area contributed by atoms with Gasteiger partial charge < -0.3 is 20.5 Å². The van der Waals surface area contributed by atoms with E-state index in [1.165, 1.54) is 11.3 Å². The van der Waals surface area contributed by atoms with E-state index in [-0.39, 0.29) is 12.5 Å². The van der Waals surface area contributed by atoms with Gasteiger partial charge in [-0.1, -0.05) is 6.07 Å². The topological polar surface area (TPSA) is 99.4 Å². The highest BCUT2D eigenvalue weighted by Gasteiger charge is 2.21. The van der Waals surface area contributed by atoms with Crippen molar-refractivity contribution in [3.8, 4) is 5.88 Å². The molecule has 0 radical (unpaired) electrons. The standard InChI is InChI=1S/C18H20N4O3S/c1-9-5-6-11(19)7-12(9)20-16(23)15-10(2)14-17(25-4)21-13(8-24-3)22-18(14)26-15/h5-7H,8,19H2,1-4H3,(H,20,23). The van der Waals surface area contributed by atoms with Gasteiger partial charge in [-0.05, 0) is 37.1 Å². The normalized spacial score (nSPS) is 10.9. The van der Waals surface area contributed by atoms with E-state index in [2.05, 4.69) is 15.3 Å². The van der Waals surface area contributed by atoms with Crippen molar-refractivity contribution < 1.29 is 14.3 Å². The fourth-order valence-electron chi connectivity index (χ4n) is 2.66. The van der Waals surface area contributed by atoms with Crippen LogP contribution in [0.2, 0.25) is 0 Å². The van der Waals surface area contributed by atoms with Crippen LogP contribution in [0.15, 0.2) is 18.2 Å². The fourth-order valence-corrected chi connectivity index (χ4v) is 3.74. The molecule has 2 heterocycles. The number of methoxy groups -OCH3 is 2. The highest BCUT2D eigenvalue weighted by Crippen LogP contribution is 2.35. The summed E-state index contributed by atoms with van der Waals surface area (Å²) < 4.78 is 10.5. The third-order valence-corrected chi connectivity index (χ3v) is 5.17. The second kappa shape index (κ2) is 7.27. The van der Waals surface area contributed by atoms with Gasteiger partial charge in [0.15, 0.2) is 5.82 Å². The Morgan fingerprint density at radius 2 is 2.04 bits per heavy atom. The van der Waals surface area contributed by atoms with Gasteiger partial charge >= 0.3 is 0 Å². The second-order valence-corrected chi connectivity index (χ2v) is 6.85. The first-order valence-corrected chi connectivity index (χ1v) is 8.76. The van der Waals surface area contributed by atoms with E-state index < -0.39 is 0 Å². The number of ether oxygens (including phenoxy) is 2. The lowest BCUT2D eigenvalue weighted by Gasteiger charge is -2.09. The van der Waals surface area contributed by atoms with Crippen molar-refractivity contribution in [3.05, 3.63) is 40.0 Å². The number of thiophene rings is 1. The molecule has 0 spiro atoms. The Kier molecular flexibility index (Phi) is 5.06. The van der Waals surface area contributed by atoms with E-state index >= 15 is 0 Å². The van der Waals surface area contributed by atoms with E-state index in [0.717, 1.165) is 16.5 Å². The highest BCUT2D eigenvalue weighted by atomic mass is 32.1. The number of amides is 1. The number of benzene rings is 1. The van der Waals surface area contributed by atoms with Gasteiger partial charge in [0.2, 0.25) is 5.88 Å². The molecule has 0 aliphatic carbocycles. The lowest BCUT2D eigenvalue weighted by Crippen LogP contribution is -2.12. The third-order valence-electron chi connectivity index (χ3n) is 3.99. The molecule has 1 amide bonds. The number of nitrogens with one attached hydrogen (secondary N) is 1. The van der Waals surface area contributed by atoms with Crippen LogP contribution in [0.3, 0.4) is 0 Å². The minimum absolute atomic E-state index is 0.213. The maximum Gasteiger partial charge on any atom is 0.266 e. The van der Waals surface area contributed by atoms with Crippen LogP contribution in [0.5, 0.6) is 5.88 Å². The lowest BCUT2D eigenvalue weighted by atomic mass is 10.1. The molecular formula is C18H20N4O3S. The fraction of sp³-hybridized carbons (Fsp3) is 0.278. The van der Waals surface area contributed by atoms with Gasteiger partial charge in [-0.15, -0.1) is 11.3 Å². The summed E-state index contributed by atoms with van der Waals surface area (Å²) in [6, 6.07) is 5.41. The number of rotatable bonds is 5. The smallest absolute Gasteiger partial charge is 0.266 e. The first-order chi connectivity index (χ1) is 12.4. The average molecular weight is 372 g/mol. The molecule has 3 N–H and O–H groups in total. The van der Waals surface area contributed by atoms with E-state index in [1.807, 2.05) is 19.9 Å². The van der Waals surface area contributed by atoms with Gasteiger partial charge in [-0.2, -0.15) is 4.98 Å². The van der Waals surface area contributed by atoms with E-state index in [9.17, 15) is 4.79 Å². The van der Waals surface area contributed by atoms with Crippen LogP contribution in [0, 0.1) is 13.8 Å². The van der Waals surface area contributed by atoms with Gasteiger partial charge in [0.1, 0.15) is 11.4 Å². The molecule has 0 aliphatic heterocycles. The van der Waals surface area contributed by atoms with Crippen molar-refractivity contribution in [1.82, 2.24) is 9.97 Å². The Morgan fingerprint density at radius 3 is 2.73 bits per heavy atom. The SMILES string of the molecule is COCc1nc(OC)c2c(C)c(C(=O)Nc3cc(N)ccc3C)sc2n1. The Labute approximate surface area is 155 Å². The zero-order valence-corrected chi connectivity index (χ0v) is 15.9. The molecule has 0 unspecified atom stereocenters. The monoisotopic (exact) mass is 372 g/mol. The van der Waals surface area contributed by atoms with Crippen LogP contribution >= 0.6 is 11.3 Å². The number of anilines is 2. The molecule has 0 fully saturated rings. The van der Waals surface area contributed by atoms with E-state index in [4.69, 9.17) is 15.2 Å². The number of carbonyl (C=O) groups excluding carboxylic acids is 1. The van der Waals surface area contributed by atoms with Crippen molar-refractivity contribution in [3.63, 3.8) is 0 Å². The summed E-state index contributed by atoms with van der Waals surface area (Å²) in [5.41, 5.74) is 8.82. The molecule has 8 heteroatoms. The molecule has 3 aromatic rings. The molecule has 136 valence electrons. The summed E-state index contributed by atoms with van der Waals surface area (Å²) in [6.07, 6.45) is 0. The molecule has 26 heavy (non-hydrogen) atoms. The van der Waals surface area contributed by atoms with Crippen molar-refractivity contribution in [2.24, 2.45) is 0 Å². The molecule has 7 nitrogen and oxygen atoms in total. The minimum Gasteiger partial charge on any atom is -0.480 e. The number of nitrogens with two attached hydrogens (primary N) is 1. The summed E-state index contributed by atoms with van der Waals surface area (Å²) in [4.78, 5) is 22.9. The third kappa shape index (κ3) is 3.33. The quantitative estimate of drug-likeness (QED) is 0.667. The summed E-state index contributed by atoms with van der Waals surface area (Å²) in [7, 11) is 3.12. The zero-order valence-electron chi connectivity index (χ0n) is 15.0. The van der Waals surface area contributed by atoms with Crippen LogP contribution in [0.4, 0.5) is 11.4 Å². The molecule has 0 atom stereocenters. The molecule has 3 rings (SSSR count). The van der Waals surface area contributed by atoms with E-state index in [0.29, 0.717) is 32.8 Å². The molecule has 0 saturated heterocycles. The first kappa shape index (κ1) is 18.1. The summed E-state index contributed by atoms with van der Waals surface area (Å²) in [5, 5.41) is 3.67. The van der Waals surface area contributed by atoms with Crippen LogP contribution in [-0.4, -0.2) is 30.1 Å². The van der Waals surface area contributed by atoms with Crippen molar-refractivity contribution in [2.45, 2.75) is 20.5 Å².